The van der Waals surface area contributed by atoms with E-state index in [0.29, 0.717) is 33.4 Å². The summed E-state index contributed by atoms with van der Waals surface area (Å²) in [5.74, 6) is -1.13. The molecule has 31 heavy (non-hydrogen) atoms. The molecule has 1 unspecified atom stereocenters. The van der Waals surface area contributed by atoms with Gasteiger partial charge in [-0.3, -0.25) is 19.4 Å². The molecule has 8 nitrogen and oxygen atoms in total. The van der Waals surface area contributed by atoms with Gasteiger partial charge >= 0.3 is 0 Å². The van der Waals surface area contributed by atoms with Crippen molar-refractivity contribution in [3.63, 3.8) is 0 Å². The minimum atomic E-state index is -0.648. The summed E-state index contributed by atoms with van der Waals surface area (Å²) in [5.41, 5.74) is 8.69. The fraction of sp³-hybridized carbons (Fsp3) is 0.182. The Bertz CT molecular complexity index is 1270. The van der Waals surface area contributed by atoms with Crippen LogP contribution in [-0.4, -0.2) is 30.8 Å². The number of aliphatic hydroxyl groups excluding tert-OH is 1. The smallest absolute Gasteiger partial charge is 0.252 e. The third-order valence-electron chi connectivity index (χ3n) is 5.06. The summed E-state index contributed by atoms with van der Waals surface area (Å²) in [7, 11) is 1.82. The van der Waals surface area contributed by atoms with Gasteiger partial charge in [-0.15, -0.1) is 0 Å². The molecule has 0 bridgehead atoms. The van der Waals surface area contributed by atoms with Crippen molar-refractivity contribution in [3.8, 4) is 11.1 Å². The van der Waals surface area contributed by atoms with Gasteiger partial charge in [0.25, 0.3) is 5.91 Å². The van der Waals surface area contributed by atoms with Gasteiger partial charge in [0.15, 0.2) is 0 Å². The number of fused-ring (bicyclic) bond motifs is 1. The average Bonchev–Trinajstić information content (AvgIpc) is 3.20. The standard InChI is InChI=1S/C22H21FN6O2/c1-12(19-5-6-29(2)28-19)27-21-16-7-15(13-3-4-14(11-30)25-9-13)18(23)8-20(16)26-10-17(21)22(24)31/h3-10,12,30H,11H2,1-2H3,(H2,24,31)(H,26,27). The Kier molecular flexibility index (Phi) is 5.35. The summed E-state index contributed by atoms with van der Waals surface area (Å²) >= 11 is 0. The van der Waals surface area contributed by atoms with Gasteiger partial charge in [0.2, 0.25) is 0 Å². The monoisotopic (exact) mass is 420 g/mol. The Morgan fingerprint density at radius 3 is 2.68 bits per heavy atom. The largest absolute Gasteiger partial charge is 0.390 e. The highest BCUT2D eigenvalue weighted by Gasteiger charge is 2.19. The third kappa shape index (κ3) is 3.95. The van der Waals surface area contributed by atoms with E-state index in [0.717, 1.165) is 5.69 Å². The number of nitrogens with two attached hydrogens (primary N) is 1. The molecule has 3 heterocycles. The van der Waals surface area contributed by atoms with Crippen LogP contribution in [0.1, 0.15) is 34.7 Å². The lowest BCUT2D eigenvalue weighted by atomic mass is 10.0. The Hall–Kier alpha value is -3.85. The third-order valence-corrected chi connectivity index (χ3v) is 5.06. The predicted octanol–water partition coefficient (Wildman–Crippen LogP) is 2.93. The molecule has 0 aliphatic rings. The Morgan fingerprint density at radius 2 is 2.06 bits per heavy atom. The van der Waals surface area contributed by atoms with Gasteiger partial charge in [0, 0.05) is 48.2 Å². The number of hydrogen-bond donors (Lipinski definition) is 3. The van der Waals surface area contributed by atoms with Gasteiger partial charge in [-0.1, -0.05) is 6.07 Å². The van der Waals surface area contributed by atoms with Crippen molar-refractivity contribution in [1.82, 2.24) is 19.7 Å². The van der Waals surface area contributed by atoms with Crippen LogP contribution < -0.4 is 11.1 Å². The molecule has 9 heteroatoms. The maximum Gasteiger partial charge on any atom is 0.252 e. The molecule has 0 spiro atoms. The molecule has 4 rings (SSSR count). The number of pyridine rings is 2. The lowest BCUT2D eigenvalue weighted by Crippen LogP contribution is -2.17. The first-order valence-corrected chi connectivity index (χ1v) is 9.61. The van der Waals surface area contributed by atoms with Gasteiger partial charge in [-0.2, -0.15) is 5.10 Å². The zero-order chi connectivity index (χ0) is 22.1. The molecule has 1 aromatic carbocycles. The van der Waals surface area contributed by atoms with E-state index in [1.807, 2.05) is 26.2 Å². The minimum absolute atomic E-state index is 0.196. The molecular formula is C22H21FN6O2. The molecule has 1 atom stereocenters. The van der Waals surface area contributed by atoms with Crippen LogP contribution in [0.3, 0.4) is 0 Å². The first-order chi connectivity index (χ1) is 14.9. The molecule has 0 saturated heterocycles. The number of carbonyl (C=O) groups excluding carboxylic acids is 1. The van der Waals surface area contributed by atoms with Crippen molar-refractivity contribution in [2.75, 3.05) is 5.32 Å². The number of anilines is 1. The van der Waals surface area contributed by atoms with Gasteiger partial charge in [-0.05, 0) is 25.1 Å². The minimum Gasteiger partial charge on any atom is -0.390 e. The van der Waals surface area contributed by atoms with E-state index in [4.69, 9.17) is 5.73 Å². The number of primary amides is 1. The number of halogens is 1. The van der Waals surface area contributed by atoms with Crippen molar-refractivity contribution in [3.05, 3.63) is 71.7 Å². The molecule has 158 valence electrons. The zero-order valence-corrected chi connectivity index (χ0v) is 17.0. The molecule has 4 aromatic rings. The van der Waals surface area contributed by atoms with E-state index in [-0.39, 0.29) is 18.2 Å². The number of benzene rings is 1. The predicted molar refractivity (Wildman–Crippen MR) is 115 cm³/mol. The molecular weight excluding hydrogens is 399 g/mol. The van der Waals surface area contributed by atoms with Crippen molar-refractivity contribution >= 4 is 22.5 Å². The molecule has 0 saturated carbocycles. The van der Waals surface area contributed by atoms with Crippen LogP contribution in [0.4, 0.5) is 10.1 Å². The molecule has 0 radical (unpaired) electrons. The first kappa shape index (κ1) is 20.4. The van der Waals surface area contributed by atoms with Crippen LogP contribution in [-0.2, 0) is 13.7 Å². The topological polar surface area (TPSA) is 119 Å². The number of amides is 1. The average molecular weight is 420 g/mol. The summed E-state index contributed by atoms with van der Waals surface area (Å²) in [6, 6.07) is 7.85. The van der Waals surface area contributed by atoms with E-state index in [1.54, 1.807) is 22.9 Å². The van der Waals surface area contributed by atoms with Crippen LogP contribution in [0, 0.1) is 5.82 Å². The van der Waals surface area contributed by atoms with Crippen molar-refractivity contribution in [2.45, 2.75) is 19.6 Å². The summed E-state index contributed by atoms with van der Waals surface area (Å²) in [6.45, 7) is 1.70. The fourth-order valence-electron chi connectivity index (χ4n) is 3.41. The lowest BCUT2D eigenvalue weighted by molar-refractivity contribution is 0.100. The Balaban J connectivity index is 1.87. The number of aryl methyl sites for hydroxylation is 1. The van der Waals surface area contributed by atoms with Crippen LogP contribution in [0.25, 0.3) is 22.0 Å². The second-order valence-corrected chi connectivity index (χ2v) is 7.24. The molecule has 3 aromatic heterocycles. The fourth-order valence-corrected chi connectivity index (χ4v) is 3.41. The number of nitrogens with zero attached hydrogens (tertiary/aromatic N) is 4. The quantitative estimate of drug-likeness (QED) is 0.441. The van der Waals surface area contributed by atoms with E-state index >= 15 is 0 Å². The molecule has 0 aliphatic heterocycles. The number of hydrogen-bond acceptors (Lipinski definition) is 6. The summed E-state index contributed by atoms with van der Waals surface area (Å²) in [5, 5.41) is 17.4. The maximum atomic E-state index is 14.9. The number of nitrogens with one attached hydrogen (secondary N) is 1. The molecule has 0 fully saturated rings. The van der Waals surface area contributed by atoms with Gasteiger partial charge in [-0.25, -0.2) is 4.39 Å². The molecule has 1 amide bonds. The number of carbonyl (C=O) groups is 1. The van der Waals surface area contributed by atoms with Crippen molar-refractivity contribution in [1.29, 1.82) is 0 Å². The molecule has 0 aliphatic carbocycles. The first-order valence-electron chi connectivity index (χ1n) is 9.61. The maximum absolute atomic E-state index is 14.9. The van der Waals surface area contributed by atoms with Crippen LogP contribution in [0.15, 0.2) is 48.9 Å². The van der Waals surface area contributed by atoms with Gasteiger partial charge in [0.1, 0.15) is 5.82 Å². The summed E-state index contributed by atoms with van der Waals surface area (Å²) < 4.78 is 16.6. The Morgan fingerprint density at radius 1 is 1.26 bits per heavy atom. The second-order valence-electron chi connectivity index (χ2n) is 7.24. The van der Waals surface area contributed by atoms with Crippen molar-refractivity contribution in [2.24, 2.45) is 12.8 Å². The highest BCUT2D eigenvalue weighted by molar-refractivity contribution is 6.07. The second kappa shape index (κ2) is 8.11. The normalized spacial score (nSPS) is 12.1. The highest BCUT2D eigenvalue weighted by Crippen LogP contribution is 2.34. The lowest BCUT2D eigenvalue weighted by Gasteiger charge is -2.18. The highest BCUT2D eigenvalue weighted by atomic mass is 19.1. The number of aromatic nitrogens is 4. The number of aliphatic hydroxyl groups is 1. The zero-order valence-electron chi connectivity index (χ0n) is 17.0. The summed E-state index contributed by atoms with van der Waals surface area (Å²) in [4.78, 5) is 20.4. The van der Waals surface area contributed by atoms with Crippen LogP contribution >= 0.6 is 0 Å². The van der Waals surface area contributed by atoms with E-state index in [2.05, 4.69) is 20.4 Å². The number of rotatable bonds is 6. The SMILES string of the molecule is CC(Nc1c(C(N)=O)cnc2cc(F)c(-c3ccc(CO)nc3)cc12)c1ccn(C)n1. The van der Waals surface area contributed by atoms with Crippen LogP contribution in [0.5, 0.6) is 0 Å². The van der Waals surface area contributed by atoms with E-state index in [9.17, 15) is 14.3 Å². The summed E-state index contributed by atoms with van der Waals surface area (Å²) in [6.07, 6.45) is 4.66. The van der Waals surface area contributed by atoms with Gasteiger partial charge < -0.3 is 16.2 Å². The molecule has 4 N–H and O–H groups in total. The van der Waals surface area contributed by atoms with Gasteiger partial charge in [0.05, 0.1) is 40.8 Å². The van der Waals surface area contributed by atoms with Crippen LogP contribution in [0.2, 0.25) is 0 Å². The van der Waals surface area contributed by atoms with E-state index < -0.39 is 11.7 Å². The van der Waals surface area contributed by atoms with Crippen molar-refractivity contribution < 1.29 is 14.3 Å². The Labute approximate surface area is 177 Å². The van der Waals surface area contributed by atoms with E-state index in [1.165, 1.54) is 18.5 Å².